The average Bonchev–Trinajstić information content (AvgIpc) is 2.45. The minimum Gasteiger partial charge on any atom is -0.468 e. The Labute approximate surface area is 127 Å². The second-order valence-electron chi connectivity index (χ2n) is 5.29. The van der Waals surface area contributed by atoms with Crippen LogP contribution in [-0.4, -0.2) is 24.6 Å². The number of rotatable bonds is 12. The fraction of sp³-hybridized carbons (Fsp3) is 0.706. The van der Waals surface area contributed by atoms with E-state index in [4.69, 9.17) is 0 Å². The summed E-state index contributed by atoms with van der Waals surface area (Å²) in [5.41, 5.74) is 0. The molecule has 0 aliphatic rings. The summed E-state index contributed by atoms with van der Waals surface area (Å²) in [5.74, 6) is -1.46. The van der Waals surface area contributed by atoms with Crippen molar-refractivity contribution >= 4 is 17.5 Å². The van der Waals surface area contributed by atoms with Crippen molar-refractivity contribution < 1.29 is 19.1 Å². The second-order valence-corrected chi connectivity index (χ2v) is 5.29. The Morgan fingerprint density at radius 2 is 1.67 bits per heavy atom. The molecule has 0 aromatic rings. The van der Waals surface area contributed by atoms with Crippen LogP contribution in [0.1, 0.15) is 65.2 Å². The minimum atomic E-state index is -0.789. The van der Waals surface area contributed by atoms with Crippen molar-refractivity contribution in [2.45, 2.75) is 65.2 Å². The molecule has 1 atom stereocenters. The Hall–Kier alpha value is -1.45. The molecular weight excluding hydrogens is 268 g/mol. The maximum absolute atomic E-state index is 12.1. The first-order valence-electron chi connectivity index (χ1n) is 7.77. The van der Waals surface area contributed by atoms with Crippen LogP contribution in [0.15, 0.2) is 12.2 Å². The molecule has 0 radical (unpaired) electrons. The highest BCUT2D eigenvalue weighted by molar-refractivity contribution is 5.99. The third-order valence-electron chi connectivity index (χ3n) is 3.34. The highest BCUT2D eigenvalue weighted by Crippen LogP contribution is 2.15. The lowest BCUT2D eigenvalue weighted by atomic mass is 9.94. The van der Waals surface area contributed by atoms with Crippen molar-refractivity contribution in [2.75, 3.05) is 7.11 Å². The number of ketones is 2. The number of methoxy groups -OCH3 is 1. The molecule has 0 aliphatic carbocycles. The number of carbonyl (C=O) groups excluding carboxylic acids is 3. The molecule has 0 heterocycles. The Bertz CT molecular complexity index is 358. The lowest BCUT2D eigenvalue weighted by molar-refractivity contribution is -0.149. The van der Waals surface area contributed by atoms with Gasteiger partial charge in [0.1, 0.15) is 17.5 Å². The lowest BCUT2D eigenvalue weighted by Crippen LogP contribution is -2.25. The van der Waals surface area contributed by atoms with Gasteiger partial charge in [-0.15, -0.1) is 0 Å². The zero-order valence-corrected chi connectivity index (χ0v) is 13.5. The van der Waals surface area contributed by atoms with Crippen LogP contribution in [0.3, 0.4) is 0 Å². The first-order valence-corrected chi connectivity index (χ1v) is 7.77. The van der Waals surface area contributed by atoms with Gasteiger partial charge in [0, 0.05) is 12.8 Å². The summed E-state index contributed by atoms with van der Waals surface area (Å²) >= 11 is 0. The van der Waals surface area contributed by atoms with Gasteiger partial charge in [0.25, 0.3) is 0 Å². The van der Waals surface area contributed by atoms with Crippen LogP contribution in [0.25, 0.3) is 0 Å². The predicted octanol–water partition coefficient (Wildman–Crippen LogP) is 3.63. The van der Waals surface area contributed by atoms with Crippen molar-refractivity contribution in [3.63, 3.8) is 0 Å². The third-order valence-corrected chi connectivity index (χ3v) is 3.34. The number of Topliss-reactive ketones (excluding diaryl/α,β-unsaturated/α-hetero) is 2. The van der Waals surface area contributed by atoms with E-state index in [1.54, 1.807) is 0 Å². The summed E-state index contributed by atoms with van der Waals surface area (Å²) in [6.07, 6.45) is 10.1. The number of hydrogen-bond donors (Lipinski definition) is 0. The first-order chi connectivity index (χ1) is 10.0. The monoisotopic (exact) mass is 296 g/mol. The van der Waals surface area contributed by atoms with E-state index in [0.29, 0.717) is 6.42 Å². The van der Waals surface area contributed by atoms with Crippen LogP contribution >= 0.6 is 0 Å². The van der Waals surface area contributed by atoms with E-state index < -0.39 is 11.9 Å². The van der Waals surface area contributed by atoms with Crippen molar-refractivity contribution in [1.29, 1.82) is 0 Å². The number of carbonyl (C=O) groups is 3. The van der Waals surface area contributed by atoms with Gasteiger partial charge in [0.05, 0.1) is 7.11 Å². The largest absolute Gasteiger partial charge is 0.468 e. The Morgan fingerprint density at radius 3 is 2.19 bits per heavy atom. The van der Waals surface area contributed by atoms with Crippen molar-refractivity contribution in [2.24, 2.45) is 5.92 Å². The van der Waals surface area contributed by atoms with Crippen molar-refractivity contribution in [1.82, 2.24) is 0 Å². The molecule has 1 unspecified atom stereocenters. The van der Waals surface area contributed by atoms with Gasteiger partial charge < -0.3 is 9.53 Å². The zero-order chi connectivity index (χ0) is 16.1. The molecule has 4 nitrogen and oxygen atoms in total. The lowest BCUT2D eigenvalue weighted by Gasteiger charge is -2.12. The Morgan fingerprint density at radius 1 is 1.05 bits per heavy atom. The molecule has 0 amide bonds. The minimum absolute atomic E-state index is 0.0180. The summed E-state index contributed by atoms with van der Waals surface area (Å²) in [6, 6.07) is 0. The smallest absolute Gasteiger partial charge is 0.316 e. The highest BCUT2D eigenvalue weighted by Gasteiger charge is 2.26. The number of ether oxygens (including phenoxy) is 1. The molecular formula is C17H28O4. The van der Waals surface area contributed by atoms with Gasteiger partial charge in [-0.25, -0.2) is 0 Å². The summed E-state index contributed by atoms with van der Waals surface area (Å²) in [4.78, 5) is 34.7. The molecule has 0 saturated heterocycles. The van der Waals surface area contributed by atoms with Crippen LogP contribution in [0.5, 0.6) is 0 Å². The standard InChI is InChI=1S/C17H28O4/c1-4-5-6-7-8-9-10-11-16(19)15(17(20)21-3)13-12-14(2)18/h7-8,15H,4-6,9-13H2,1-3H3/b8-7+. The Kier molecular flexibility index (Phi) is 11.5. The van der Waals surface area contributed by atoms with Crippen LogP contribution in [-0.2, 0) is 19.1 Å². The number of unbranched alkanes of at least 4 members (excludes halogenated alkanes) is 3. The maximum Gasteiger partial charge on any atom is 0.316 e. The van der Waals surface area contributed by atoms with Gasteiger partial charge in [0.2, 0.25) is 0 Å². The van der Waals surface area contributed by atoms with Gasteiger partial charge >= 0.3 is 5.97 Å². The molecule has 0 aromatic heterocycles. The van der Waals surface area contributed by atoms with Crippen LogP contribution in [0.2, 0.25) is 0 Å². The molecule has 0 aromatic carbocycles. The van der Waals surface area contributed by atoms with Crippen LogP contribution in [0.4, 0.5) is 0 Å². The molecule has 0 spiro atoms. The summed E-state index contributed by atoms with van der Waals surface area (Å²) in [5, 5.41) is 0. The van der Waals surface area contributed by atoms with Crippen molar-refractivity contribution in [3.05, 3.63) is 12.2 Å². The maximum atomic E-state index is 12.1. The molecule has 0 N–H and O–H groups in total. The second kappa shape index (κ2) is 12.3. The van der Waals surface area contributed by atoms with Gasteiger partial charge in [-0.05, 0) is 32.6 Å². The van der Waals surface area contributed by atoms with E-state index in [-0.39, 0.29) is 24.4 Å². The third kappa shape index (κ3) is 9.99. The quantitative estimate of drug-likeness (QED) is 0.239. The van der Waals surface area contributed by atoms with E-state index >= 15 is 0 Å². The van der Waals surface area contributed by atoms with Gasteiger partial charge in [-0.3, -0.25) is 9.59 Å². The fourth-order valence-corrected chi connectivity index (χ4v) is 2.03. The molecule has 0 fully saturated rings. The number of hydrogen-bond acceptors (Lipinski definition) is 4. The summed E-state index contributed by atoms with van der Waals surface area (Å²) < 4.78 is 4.65. The van der Waals surface area contributed by atoms with Gasteiger partial charge in [0.15, 0.2) is 0 Å². The molecule has 21 heavy (non-hydrogen) atoms. The Balaban J connectivity index is 4.13. The highest BCUT2D eigenvalue weighted by atomic mass is 16.5. The summed E-state index contributed by atoms with van der Waals surface area (Å²) in [6.45, 7) is 3.61. The van der Waals surface area contributed by atoms with E-state index in [1.165, 1.54) is 26.9 Å². The first kappa shape index (κ1) is 19.6. The molecule has 0 bridgehead atoms. The fourth-order valence-electron chi connectivity index (χ4n) is 2.03. The SMILES string of the molecule is CCCC/C=C/CCCC(=O)C(CCC(C)=O)C(=O)OC. The van der Waals surface area contributed by atoms with Crippen LogP contribution < -0.4 is 0 Å². The predicted molar refractivity (Wildman–Crippen MR) is 82.9 cm³/mol. The average molecular weight is 296 g/mol. The van der Waals surface area contributed by atoms with Crippen LogP contribution in [0, 0.1) is 5.92 Å². The number of esters is 1. The normalized spacial score (nSPS) is 12.3. The van der Waals surface area contributed by atoms with E-state index in [1.807, 2.05) is 0 Å². The number of allylic oxidation sites excluding steroid dienone is 2. The van der Waals surface area contributed by atoms with E-state index in [0.717, 1.165) is 19.3 Å². The summed E-state index contributed by atoms with van der Waals surface area (Å²) in [7, 11) is 1.27. The zero-order valence-electron chi connectivity index (χ0n) is 13.5. The van der Waals surface area contributed by atoms with E-state index in [2.05, 4.69) is 23.8 Å². The van der Waals surface area contributed by atoms with Gasteiger partial charge in [-0.1, -0.05) is 31.9 Å². The molecule has 0 rings (SSSR count). The van der Waals surface area contributed by atoms with E-state index in [9.17, 15) is 14.4 Å². The molecule has 0 aliphatic heterocycles. The molecule has 0 saturated carbocycles. The van der Waals surface area contributed by atoms with Crippen molar-refractivity contribution in [3.8, 4) is 0 Å². The molecule has 120 valence electrons. The topological polar surface area (TPSA) is 60.4 Å². The van der Waals surface area contributed by atoms with Gasteiger partial charge in [-0.2, -0.15) is 0 Å². The molecule has 4 heteroatoms.